The van der Waals surface area contributed by atoms with Gasteiger partial charge in [0.1, 0.15) is 5.82 Å². The lowest BCUT2D eigenvalue weighted by Crippen LogP contribution is -2.36. The summed E-state index contributed by atoms with van der Waals surface area (Å²) in [5, 5.41) is 4.28. The lowest BCUT2D eigenvalue weighted by molar-refractivity contribution is 0.453. The molecule has 0 saturated heterocycles. The second-order valence-corrected chi connectivity index (χ2v) is 4.33. The van der Waals surface area contributed by atoms with Gasteiger partial charge in [-0.15, -0.1) is 11.6 Å². The van der Waals surface area contributed by atoms with Crippen molar-refractivity contribution >= 4 is 29.0 Å². The maximum Gasteiger partial charge on any atom is 0.126 e. The molecule has 1 N–H and O–H groups in total. The zero-order chi connectivity index (χ0) is 9.26. The number of alkyl halides is 1. The van der Waals surface area contributed by atoms with Crippen LogP contribution >= 0.6 is 23.2 Å². The molecule has 2 nitrogen and oxygen atoms in total. The Hall–Kier alpha value is -0.470. The van der Waals surface area contributed by atoms with Gasteiger partial charge >= 0.3 is 0 Å². The van der Waals surface area contributed by atoms with Gasteiger partial charge in [0.05, 0.1) is 5.02 Å². The lowest BCUT2D eigenvalue weighted by Gasteiger charge is -2.31. The molecule has 1 aliphatic carbocycles. The van der Waals surface area contributed by atoms with Crippen LogP contribution in [0.2, 0.25) is 5.02 Å². The second-order valence-electron chi connectivity index (χ2n) is 3.27. The number of anilines is 1. The van der Waals surface area contributed by atoms with Crippen LogP contribution < -0.4 is 5.32 Å². The van der Waals surface area contributed by atoms with Gasteiger partial charge in [-0.3, -0.25) is 0 Å². The molecule has 0 aliphatic heterocycles. The van der Waals surface area contributed by atoms with Crippen LogP contribution in [0.25, 0.3) is 0 Å². The minimum Gasteiger partial charge on any atom is -0.367 e. The summed E-state index contributed by atoms with van der Waals surface area (Å²) in [5.41, 5.74) is 0. The number of nitrogens with zero attached hydrogens (tertiary/aromatic N) is 1. The molecular weight excluding hydrogens is 207 g/mol. The molecule has 2 rings (SSSR count). The van der Waals surface area contributed by atoms with Crippen LogP contribution in [-0.2, 0) is 0 Å². The molecule has 1 heterocycles. The van der Waals surface area contributed by atoms with Crippen LogP contribution in [-0.4, -0.2) is 16.4 Å². The minimum atomic E-state index is 0.338. The maximum absolute atomic E-state index is 5.85. The zero-order valence-electron chi connectivity index (χ0n) is 7.00. The molecule has 0 atom stereocenters. The summed E-state index contributed by atoms with van der Waals surface area (Å²) in [6.07, 6.45) is 3.68. The van der Waals surface area contributed by atoms with Gasteiger partial charge < -0.3 is 5.32 Å². The smallest absolute Gasteiger partial charge is 0.126 e. The number of aromatic nitrogens is 1. The second kappa shape index (κ2) is 3.72. The molecule has 0 spiro atoms. The van der Waals surface area contributed by atoms with Gasteiger partial charge in [-0.1, -0.05) is 11.6 Å². The van der Waals surface area contributed by atoms with Gasteiger partial charge in [-0.05, 0) is 25.0 Å². The fourth-order valence-corrected chi connectivity index (χ4v) is 1.88. The van der Waals surface area contributed by atoms with Gasteiger partial charge in [0.15, 0.2) is 0 Å². The maximum atomic E-state index is 5.85. The Kier molecular flexibility index (Phi) is 2.61. The molecule has 4 heteroatoms. The Morgan fingerprint density at radius 2 is 2.15 bits per heavy atom. The molecule has 0 bridgehead atoms. The van der Waals surface area contributed by atoms with Gasteiger partial charge in [0.25, 0.3) is 0 Å². The van der Waals surface area contributed by atoms with Crippen molar-refractivity contribution in [2.45, 2.75) is 24.3 Å². The van der Waals surface area contributed by atoms with Crippen LogP contribution in [0.4, 0.5) is 5.82 Å². The Morgan fingerprint density at radius 1 is 1.38 bits per heavy atom. The van der Waals surface area contributed by atoms with Crippen LogP contribution in [0.5, 0.6) is 0 Å². The highest BCUT2D eigenvalue weighted by molar-refractivity contribution is 6.30. The Bertz CT molecular complexity index is 280. The largest absolute Gasteiger partial charge is 0.367 e. The first-order chi connectivity index (χ1) is 6.24. The SMILES string of the molecule is Clc1ccc(NC2CC(Cl)C2)nc1. The summed E-state index contributed by atoms with van der Waals surface area (Å²) in [4.78, 5) is 4.14. The summed E-state index contributed by atoms with van der Waals surface area (Å²) in [6.45, 7) is 0. The normalized spacial score (nSPS) is 26.6. The summed E-state index contributed by atoms with van der Waals surface area (Å²) < 4.78 is 0. The summed E-state index contributed by atoms with van der Waals surface area (Å²) in [7, 11) is 0. The predicted molar refractivity (Wildman–Crippen MR) is 55.5 cm³/mol. The van der Waals surface area contributed by atoms with E-state index in [2.05, 4.69) is 10.3 Å². The Labute approximate surface area is 87.3 Å². The molecule has 70 valence electrons. The van der Waals surface area contributed by atoms with Gasteiger partial charge in [0.2, 0.25) is 0 Å². The number of hydrogen-bond acceptors (Lipinski definition) is 2. The molecule has 0 aromatic carbocycles. The van der Waals surface area contributed by atoms with Crippen molar-refractivity contribution in [2.24, 2.45) is 0 Å². The quantitative estimate of drug-likeness (QED) is 0.770. The number of rotatable bonds is 2. The van der Waals surface area contributed by atoms with E-state index in [-0.39, 0.29) is 0 Å². The number of hydrogen-bond donors (Lipinski definition) is 1. The van der Waals surface area contributed by atoms with E-state index >= 15 is 0 Å². The summed E-state index contributed by atoms with van der Waals surface area (Å²) in [6, 6.07) is 4.19. The minimum absolute atomic E-state index is 0.338. The van der Waals surface area contributed by atoms with Crippen LogP contribution in [0.3, 0.4) is 0 Å². The molecule has 1 aliphatic rings. The molecule has 0 radical (unpaired) electrons. The van der Waals surface area contributed by atoms with Crippen molar-refractivity contribution in [1.82, 2.24) is 4.98 Å². The number of nitrogens with one attached hydrogen (secondary N) is 1. The monoisotopic (exact) mass is 216 g/mol. The van der Waals surface area contributed by atoms with Crippen LogP contribution in [0, 0.1) is 0 Å². The highest BCUT2D eigenvalue weighted by Gasteiger charge is 2.26. The third kappa shape index (κ3) is 2.26. The topological polar surface area (TPSA) is 24.9 Å². The van der Waals surface area contributed by atoms with Crippen molar-refractivity contribution in [3.63, 3.8) is 0 Å². The van der Waals surface area contributed by atoms with Crippen molar-refractivity contribution in [3.05, 3.63) is 23.4 Å². The van der Waals surface area contributed by atoms with Crippen LogP contribution in [0.1, 0.15) is 12.8 Å². The first-order valence-electron chi connectivity index (χ1n) is 4.26. The highest BCUT2D eigenvalue weighted by atomic mass is 35.5. The molecule has 0 unspecified atom stereocenters. The molecule has 1 aromatic heterocycles. The first-order valence-corrected chi connectivity index (χ1v) is 5.07. The lowest BCUT2D eigenvalue weighted by atomic mass is 9.92. The zero-order valence-corrected chi connectivity index (χ0v) is 8.52. The molecule has 13 heavy (non-hydrogen) atoms. The first kappa shape index (κ1) is 9.10. The van der Waals surface area contributed by atoms with E-state index in [1.54, 1.807) is 6.20 Å². The fourth-order valence-electron chi connectivity index (χ4n) is 1.34. The highest BCUT2D eigenvalue weighted by Crippen LogP contribution is 2.27. The average molecular weight is 217 g/mol. The van der Waals surface area contributed by atoms with E-state index in [0.717, 1.165) is 18.7 Å². The van der Waals surface area contributed by atoms with Crippen molar-refractivity contribution in [1.29, 1.82) is 0 Å². The fraction of sp³-hybridized carbons (Fsp3) is 0.444. The summed E-state index contributed by atoms with van der Waals surface area (Å²) in [5.74, 6) is 0.873. The van der Waals surface area contributed by atoms with Gasteiger partial charge in [-0.25, -0.2) is 4.98 Å². The molecule has 1 aromatic rings. The molecular formula is C9H10Cl2N2. The van der Waals surface area contributed by atoms with E-state index in [1.807, 2.05) is 12.1 Å². The third-order valence-electron chi connectivity index (χ3n) is 2.16. The van der Waals surface area contributed by atoms with Crippen molar-refractivity contribution < 1.29 is 0 Å². The van der Waals surface area contributed by atoms with Crippen LogP contribution in [0.15, 0.2) is 18.3 Å². The van der Waals surface area contributed by atoms with E-state index in [4.69, 9.17) is 23.2 Å². The van der Waals surface area contributed by atoms with E-state index in [1.165, 1.54) is 0 Å². The van der Waals surface area contributed by atoms with E-state index in [0.29, 0.717) is 16.4 Å². The van der Waals surface area contributed by atoms with E-state index in [9.17, 15) is 0 Å². The Morgan fingerprint density at radius 3 is 2.69 bits per heavy atom. The van der Waals surface area contributed by atoms with E-state index < -0.39 is 0 Å². The summed E-state index contributed by atoms with van der Waals surface area (Å²) >= 11 is 11.6. The third-order valence-corrected chi connectivity index (χ3v) is 2.74. The average Bonchev–Trinajstić information content (AvgIpc) is 2.06. The predicted octanol–water partition coefficient (Wildman–Crippen LogP) is 2.92. The number of halogens is 2. The molecule has 0 amide bonds. The Balaban J connectivity index is 1.91. The standard InChI is InChI=1S/C9H10Cl2N2/c10-6-1-2-9(12-5-6)13-8-3-7(11)4-8/h1-2,5,7-8H,3-4H2,(H,12,13). The number of pyridine rings is 1. The van der Waals surface area contributed by atoms with Gasteiger partial charge in [0, 0.05) is 17.6 Å². The molecule has 1 fully saturated rings. The van der Waals surface area contributed by atoms with Gasteiger partial charge in [-0.2, -0.15) is 0 Å². The van der Waals surface area contributed by atoms with Crippen molar-refractivity contribution in [2.75, 3.05) is 5.32 Å². The molecule has 1 saturated carbocycles. The van der Waals surface area contributed by atoms with Crippen molar-refractivity contribution in [3.8, 4) is 0 Å².